The smallest absolute Gasteiger partial charge is 0.315 e. The van der Waals surface area contributed by atoms with Crippen molar-refractivity contribution in [3.8, 4) is 12.3 Å². The molecule has 0 saturated heterocycles. The average Bonchev–Trinajstić information content (AvgIpc) is 2.14. The number of carbonyl (C=O) groups is 1. The van der Waals surface area contributed by atoms with Gasteiger partial charge in [-0.3, -0.25) is 4.39 Å². The molecule has 0 aliphatic rings. The predicted molar refractivity (Wildman–Crippen MR) is 54.6 cm³/mol. The largest absolute Gasteiger partial charge is 0.338 e. The number of carbonyl (C=O) groups excluding carboxylic acids is 1. The van der Waals surface area contributed by atoms with E-state index in [2.05, 4.69) is 16.6 Å². The molecule has 0 aromatic rings. The monoisotopic (exact) mass is 200 g/mol. The lowest BCUT2D eigenvalue weighted by atomic mass is 10.1. The summed E-state index contributed by atoms with van der Waals surface area (Å²) in [5.41, 5.74) is 0. The topological polar surface area (TPSA) is 41.1 Å². The number of amides is 2. The van der Waals surface area contributed by atoms with Crippen molar-refractivity contribution in [2.24, 2.45) is 5.92 Å². The van der Waals surface area contributed by atoms with Crippen molar-refractivity contribution >= 4 is 6.03 Å². The number of urea groups is 1. The highest BCUT2D eigenvalue weighted by atomic mass is 19.1. The first kappa shape index (κ1) is 12.8. The summed E-state index contributed by atoms with van der Waals surface area (Å²) >= 11 is 0. The van der Waals surface area contributed by atoms with E-state index in [0.29, 0.717) is 13.0 Å². The second-order valence-electron chi connectivity index (χ2n) is 3.33. The number of terminal acetylenes is 1. The van der Waals surface area contributed by atoms with Gasteiger partial charge < -0.3 is 10.6 Å². The van der Waals surface area contributed by atoms with Crippen molar-refractivity contribution in [3.05, 3.63) is 0 Å². The number of nitrogens with one attached hydrogen (secondary N) is 2. The van der Waals surface area contributed by atoms with Gasteiger partial charge in [0.1, 0.15) is 0 Å². The van der Waals surface area contributed by atoms with Crippen LogP contribution >= 0.6 is 0 Å². The molecule has 0 aliphatic heterocycles. The van der Waals surface area contributed by atoms with Crippen molar-refractivity contribution in [2.45, 2.75) is 26.3 Å². The summed E-state index contributed by atoms with van der Waals surface area (Å²) in [6.07, 6.45) is 5.55. The summed E-state index contributed by atoms with van der Waals surface area (Å²) in [5, 5.41) is 5.13. The first-order valence-electron chi connectivity index (χ1n) is 4.68. The summed E-state index contributed by atoms with van der Waals surface area (Å²) in [4.78, 5) is 11.2. The third kappa shape index (κ3) is 5.41. The molecular formula is C10H17FN2O. The predicted octanol–water partition coefficient (Wildman–Crippen LogP) is 1.30. The van der Waals surface area contributed by atoms with Crippen molar-refractivity contribution in [1.29, 1.82) is 0 Å². The Balaban J connectivity index is 3.75. The second-order valence-corrected chi connectivity index (χ2v) is 3.33. The Morgan fingerprint density at radius 1 is 1.57 bits per heavy atom. The third-order valence-electron chi connectivity index (χ3n) is 1.73. The van der Waals surface area contributed by atoms with Crippen LogP contribution < -0.4 is 10.6 Å². The van der Waals surface area contributed by atoms with E-state index in [4.69, 9.17) is 6.42 Å². The highest BCUT2D eigenvalue weighted by Gasteiger charge is 2.12. The van der Waals surface area contributed by atoms with Gasteiger partial charge in [0.15, 0.2) is 0 Å². The Morgan fingerprint density at radius 2 is 2.21 bits per heavy atom. The summed E-state index contributed by atoms with van der Waals surface area (Å²) in [6, 6.07) is -0.615. The summed E-state index contributed by atoms with van der Waals surface area (Å²) in [5.74, 6) is 2.66. The fourth-order valence-electron chi connectivity index (χ4n) is 0.862. The summed E-state index contributed by atoms with van der Waals surface area (Å²) in [7, 11) is 0. The number of hydrogen-bond donors (Lipinski definition) is 2. The van der Waals surface area contributed by atoms with Crippen LogP contribution in [-0.2, 0) is 0 Å². The van der Waals surface area contributed by atoms with E-state index in [1.54, 1.807) is 0 Å². The fraction of sp³-hybridized carbons (Fsp3) is 0.700. The van der Waals surface area contributed by atoms with Crippen LogP contribution in [0.5, 0.6) is 0 Å². The molecule has 0 aromatic carbocycles. The van der Waals surface area contributed by atoms with Crippen molar-refractivity contribution in [1.82, 2.24) is 10.6 Å². The zero-order valence-electron chi connectivity index (χ0n) is 8.64. The van der Waals surface area contributed by atoms with E-state index in [1.165, 1.54) is 0 Å². The molecule has 2 amide bonds. The molecule has 0 heterocycles. The molecule has 0 bridgehead atoms. The Kier molecular flexibility index (Phi) is 6.55. The third-order valence-corrected chi connectivity index (χ3v) is 1.73. The van der Waals surface area contributed by atoms with E-state index in [1.807, 2.05) is 13.8 Å². The molecular weight excluding hydrogens is 183 g/mol. The average molecular weight is 200 g/mol. The zero-order valence-corrected chi connectivity index (χ0v) is 8.64. The van der Waals surface area contributed by atoms with Gasteiger partial charge in [-0.25, -0.2) is 4.79 Å². The fourth-order valence-corrected chi connectivity index (χ4v) is 0.862. The number of alkyl halides is 1. The molecule has 2 N–H and O–H groups in total. The number of halogens is 1. The molecule has 14 heavy (non-hydrogen) atoms. The maximum atomic E-state index is 11.7. The first-order chi connectivity index (χ1) is 6.61. The van der Waals surface area contributed by atoms with E-state index in [-0.39, 0.29) is 18.0 Å². The molecule has 0 saturated carbocycles. The Labute approximate surface area is 84.4 Å². The minimum atomic E-state index is -0.428. The van der Waals surface area contributed by atoms with Crippen LogP contribution in [0, 0.1) is 18.3 Å². The summed E-state index contributed by atoms with van der Waals surface area (Å²) in [6.45, 7) is 3.75. The van der Waals surface area contributed by atoms with Gasteiger partial charge >= 0.3 is 6.03 Å². The minimum absolute atomic E-state index is 0.187. The van der Waals surface area contributed by atoms with Gasteiger partial charge in [-0.1, -0.05) is 19.8 Å². The van der Waals surface area contributed by atoms with Gasteiger partial charge in [-0.15, -0.1) is 6.42 Å². The lowest BCUT2D eigenvalue weighted by Gasteiger charge is -2.16. The van der Waals surface area contributed by atoms with Gasteiger partial charge in [0.25, 0.3) is 0 Å². The van der Waals surface area contributed by atoms with Crippen molar-refractivity contribution in [2.75, 3.05) is 13.2 Å². The highest BCUT2D eigenvalue weighted by molar-refractivity contribution is 5.74. The molecule has 0 rings (SSSR count). The van der Waals surface area contributed by atoms with Crippen molar-refractivity contribution < 1.29 is 9.18 Å². The molecule has 0 radical (unpaired) electrons. The van der Waals surface area contributed by atoms with Gasteiger partial charge in [-0.05, 0) is 12.3 Å². The quantitative estimate of drug-likeness (QED) is 0.510. The Morgan fingerprint density at radius 3 is 2.64 bits per heavy atom. The minimum Gasteiger partial charge on any atom is -0.338 e. The van der Waals surface area contributed by atoms with Crippen LogP contribution in [0.4, 0.5) is 9.18 Å². The van der Waals surface area contributed by atoms with Crippen LogP contribution in [0.15, 0.2) is 0 Å². The van der Waals surface area contributed by atoms with Crippen LogP contribution in [0.1, 0.15) is 20.3 Å². The normalized spacial score (nSPS) is 11.9. The van der Waals surface area contributed by atoms with Crippen LogP contribution in [0.25, 0.3) is 0 Å². The van der Waals surface area contributed by atoms with Crippen LogP contribution in [0.2, 0.25) is 0 Å². The van der Waals surface area contributed by atoms with E-state index in [9.17, 15) is 9.18 Å². The van der Waals surface area contributed by atoms with Crippen molar-refractivity contribution in [3.63, 3.8) is 0 Å². The van der Waals surface area contributed by atoms with Crippen LogP contribution in [-0.4, -0.2) is 25.3 Å². The molecule has 0 spiro atoms. The van der Waals surface area contributed by atoms with Gasteiger partial charge in [0.2, 0.25) is 0 Å². The Hall–Kier alpha value is -1.24. The van der Waals surface area contributed by atoms with Gasteiger partial charge in [0.05, 0.1) is 12.7 Å². The van der Waals surface area contributed by atoms with E-state index >= 15 is 0 Å². The molecule has 3 nitrogen and oxygen atoms in total. The molecule has 4 heteroatoms. The molecule has 1 unspecified atom stereocenters. The van der Waals surface area contributed by atoms with Gasteiger partial charge in [-0.2, -0.15) is 0 Å². The van der Waals surface area contributed by atoms with Crippen LogP contribution in [0.3, 0.4) is 0 Å². The van der Waals surface area contributed by atoms with E-state index < -0.39 is 6.67 Å². The molecule has 0 aromatic heterocycles. The maximum absolute atomic E-state index is 11.7. The van der Waals surface area contributed by atoms with E-state index in [0.717, 1.165) is 0 Å². The lowest BCUT2D eigenvalue weighted by Crippen LogP contribution is -2.44. The lowest BCUT2D eigenvalue weighted by molar-refractivity contribution is 0.236. The first-order valence-corrected chi connectivity index (χ1v) is 4.68. The molecule has 80 valence electrons. The van der Waals surface area contributed by atoms with Gasteiger partial charge in [0, 0.05) is 6.54 Å². The maximum Gasteiger partial charge on any atom is 0.315 e. The highest BCUT2D eigenvalue weighted by Crippen LogP contribution is 1.98. The standard InChI is InChI=1S/C10H17FN2O/c1-4-9(8(2)3)13-10(14)12-7-5-6-11/h1,8-9H,5-7H2,2-3H3,(H2,12,13,14). The molecule has 0 aliphatic carbocycles. The number of hydrogen-bond acceptors (Lipinski definition) is 1. The Bertz CT molecular complexity index is 211. The molecule has 1 atom stereocenters. The zero-order chi connectivity index (χ0) is 11.0. The second kappa shape index (κ2) is 7.19. The number of rotatable bonds is 5. The molecule has 0 fully saturated rings. The summed E-state index contributed by atoms with van der Waals surface area (Å²) < 4.78 is 11.7. The SMILES string of the molecule is C#CC(NC(=O)NCCCF)C(C)C.